The Morgan fingerprint density at radius 1 is 1.13 bits per heavy atom. The van der Waals surface area contributed by atoms with Crippen molar-refractivity contribution in [3.63, 3.8) is 0 Å². The van der Waals surface area contributed by atoms with E-state index in [4.69, 9.17) is 5.26 Å². The van der Waals surface area contributed by atoms with Crippen molar-refractivity contribution in [3.8, 4) is 6.07 Å². The van der Waals surface area contributed by atoms with E-state index in [9.17, 15) is 9.90 Å². The number of likely N-dealkylation sites (tertiary alicyclic amines) is 1. The van der Waals surface area contributed by atoms with Crippen molar-refractivity contribution in [3.05, 3.63) is 71.3 Å². The number of hydrogen-bond acceptors (Lipinski definition) is 3. The number of carboxylic acids is 1. The zero-order valence-electron chi connectivity index (χ0n) is 12.7. The van der Waals surface area contributed by atoms with Crippen LogP contribution in [0, 0.1) is 17.2 Å². The third-order valence-electron chi connectivity index (χ3n) is 4.43. The summed E-state index contributed by atoms with van der Waals surface area (Å²) in [5.74, 6) is -1.20. The number of aliphatic carboxylic acids is 1. The van der Waals surface area contributed by atoms with E-state index in [1.54, 1.807) is 12.1 Å². The maximum absolute atomic E-state index is 11.6. The summed E-state index contributed by atoms with van der Waals surface area (Å²) in [5.41, 5.74) is 2.78. The molecule has 2 aromatic rings. The van der Waals surface area contributed by atoms with Crippen molar-refractivity contribution in [2.24, 2.45) is 5.92 Å². The first-order valence-electron chi connectivity index (χ1n) is 7.66. The number of rotatable bonds is 4. The van der Waals surface area contributed by atoms with Gasteiger partial charge in [-0.1, -0.05) is 42.5 Å². The number of carboxylic acid groups (broad SMARTS) is 1. The molecule has 0 radical (unpaired) electrons. The lowest BCUT2D eigenvalue weighted by Crippen LogP contribution is -2.23. The number of benzene rings is 2. The van der Waals surface area contributed by atoms with Gasteiger partial charge in [-0.05, 0) is 23.3 Å². The highest BCUT2D eigenvalue weighted by molar-refractivity contribution is 5.72. The lowest BCUT2D eigenvalue weighted by atomic mass is 9.89. The first-order chi connectivity index (χ1) is 11.2. The molecule has 23 heavy (non-hydrogen) atoms. The summed E-state index contributed by atoms with van der Waals surface area (Å²) in [7, 11) is 0. The van der Waals surface area contributed by atoms with E-state index in [1.165, 1.54) is 5.56 Å². The molecule has 2 aromatic carbocycles. The van der Waals surface area contributed by atoms with E-state index < -0.39 is 11.9 Å². The third-order valence-corrected chi connectivity index (χ3v) is 4.43. The maximum atomic E-state index is 11.6. The van der Waals surface area contributed by atoms with Gasteiger partial charge in [0, 0.05) is 25.6 Å². The van der Waals surface area contributed by atoms with Gasteiger partial charge in [0.05, 0.1) is 17.6 Å². The van der Waals surface area contributed by atoms with Crippen molar-refractivity contribution >= 4 is 5.97 Å². The number of hydrogen-bond donors (Lipinski definition) is 1. The van der Waals surface area contributed by atoms with Crippen molar-refractivity contribution in [2.45, 2.75) is 12.5 Å². The summed E-state index contributed by atoms with van der Waals surface area (Å²) in [6.07, 6.45) is 0. The fourth-order valence-electron chi connectivity index (χ4n) is 3.25. The average molecular weight is 306 g/mol. The minimum absolute atomic E-state index is 0.0380. The number of carbonyl (C=O) groups is 1. The van der Waals surface area contributed by atoms with Gasteiger partial charge in [-0.25, -0.2) is 0 Å². The Morgan fingerprint density at radius 3 is 2.43 bits per heavy atom. The second kappa shape index (κ2) is 6.64. The van der Waals surface area contributed by atoms with E-state index in [0.29, 0.717) is 12.1 Å². The molecule has 0 saturated carbocycles. The Balaban J connectivity index is 1.78. The molecule has 1 aliphatic rings. The van der Waals surface area contributed by atoms with E-state index in [-0.39, 0.29) is 5.92 Å². The Labute approximate surface area is 135 Å². The van der Waals surface area contributed by atoms with Crippen LogP contribution in [0.3, 0.4) is 0 Å². The van der Waals surface area contributed by atoms with Crippen LogP contribution in [0.2, 0.25) is 0 Å². The summed E-state index contributed by atoms with van der Waals surface area (Å²) in [4.78, 5) is 13.8. The van der Waals surface area contributed by atoms with Gasteiger partial charge in [0.15, 0.2) is 0 Å². The topological polar surface area (TPSA) is 64.3 Å². The van der Waals surface area contributed by atoms with Crippen molar-refractivity contribution in [1.82, 2.24) is 4.90 Å². The molecule has 1 N–H and O–H groups in total. The molecule has 4 nitrogen and oxygen atoms in total. The van der Waals surface area contributed by atoms with E-state index in [2.05, 4.69) is 23.1 Å². The minimum atomic E-state index is -0.755. The molecule has 0 aliphatic carbocycles. The van der Waals surface area contributed by atoms with Crippen LogP contribution < -0.4 is 0 Å². The fraction of sp³-hybridized carbons (Fsp3) is 0.263. The zero-order valence-corrected chi connectivity index (χ0v) is 12.7. The predicted molar refractivity (Wildman–Crippen MR) is 86.7 cm³/mol. The van der Waals surface area contributed by atoms with Gasteiger partial charge in [0.1, 0.15) is 0 Å². The smallest absolute Gasteiger partial charge is 0.308 e. The minimum Gasteiger partial charge on any atom is -0.481 e. The van der Waals surface area contributed by atoms with Crippen LogP contribution in [0.25, 0.3) is 0 Å². The summed E-state index contributed by atoms with van der Waals surface area (Å²) in [5, 5.41) is 18.4. The molecule has 0 bridgehead atoms. The summed E-state index contributed by atoms with van der Waals surface area (Å²) in [6, 6.07) is 19.5. The van der Waals surface area contributed by atoms with Crippen LogP contribution in [-0.2, 0) is 11.3 Å². The van der Waals surface area contributed by atoms with Crippen molar-refractivity contribution in [1.29, 1.82) is 5.26 Å². The molecular formula is C19H18N2O2. The first-order valence-corrected chi connectivity index (χ1v) is 7.66. The van der Waals surface area contributed by atoms with Crippen LogP contribution in [-0.4, -0.2) is 29.1 Å². The highest BCUT2D eigenvalue weighted by Crippen LogP contribution is 2.33. The molecule has 1 fully saturated rings. The SMILES string of the molecule is N#Cc1ccc([C@@H]2CN(Cc3ccccc3)C[C@H]2C(=O)O)cc1. The van der Waals surface area contributed by atoms with Gasteiger partial charge >= 0.3 is 5.97 Å². The van der Waals surface area contributed by atoms with Crippen LogP contribution in [0.4, 0.5) is 0 Å². The largest absolute Gasteiger partial charge is 0.481 e. The van der Waals surface area contributed by atoms with E-state index in [0.717, 1.165) is 18.7 Å². The highest BCUT2D eigenvalue weighted by Gasteiger charge is 2.38. The molecule has 0 spiro atoms. The molecule has 3 rings (SSSR count). The Hall–Kier alpha value is -2.64. The van der Waals surface area contributed by atoms with Crippen LogP contribution >= 0.6 is 0 Å². The molecule has 0 amide bonds. The molecule has 4 heteroatoms. The molecule has 1 saturated heterocycles. The molecule has 0 unspecified atom stereocenters. The molecule has 0 aromatic heterocycles. The molecule has 2 atom stereocenters. The summed E-state index contributed by atoms with van der Waals surface area (Å²) in [6.45, 7) is 2.03. The monoisotopic (exact) mass is 306 g/mol. The number of nitrogens with zero attached hydrogens (tertiary/aromatic N) is 2. The van der Waals surface area contributed by atoms with Gasteiger partial charge in [-0.3, -0.25) is 9.69 Å². The zero-order chi connectivity index (χ0) is 16.2. The molecule has 1 aliphatic heterocycles. The standard InChI is InChI=1S/C19H18N2O2/c20-10-14-6-8-16(9-7-14)17-12-21(13-18(17)19(22)23)11-15-4-2-1-3-5-15/h1-9,17-18H,11-13H2,(H,22,23)/t17-,18+/m0/s1. The molecule has 116 valence electrons. The van der Waals surface area contributed by atoms with Crippen LogP contribution in [0.5, 0.6) is 0 Å². The van der Waals surface area contributed by atoms with Gasteiger partial charge < -0.3 is 5.11 Å². The second-order valence-corrected chi connectivity index (χ2v) is 5.96. The van der Waals surface area contributed by atoms with Gasteiger partial charge in [0.25, 0.3) is 0 Å². The Morgan fingerprint density at radius 2 is 1.83 bits per heavy atom. The first kappa shape index (κ1) is 15.3. The fourth-order valence-corrected chi connectivity index (χ4v) is 3.25. The molecular weight excluding hydrogens is 288 g/mol. The number of nitriles is 1. The van der Waals surface area contributed by atoms with Crippen LogP contribution in [0.1, 0.15) is 22.6 Å². The van der Waals surface area contributed by atoms with Crippen molar-refractivity contribution in [2.75, 3.05) is 13.1 Å². The van der Waals surface area contributed by atoms with Gasteiger partial charge in [0.2, 0.25) is 0 Å². The lowest BCUT2D eigenvalue weighted by molar-refractivity contribution is -0.141. The Bertz CT molecular complexity index is 719. The lowest BCUT2D eigenvalue weighted by Gasteiger charge is -2.16. The summed E-state index contributed by atoms with van der Waals surface area (Å²) < 4.78 is 0. The average Bonchev–Trinajstić information content (AvgIpc) is 3.00. The third kappa shape index (κ3) is 3.41. The summed E-state index contributed by atoms with van der Waals surface area (Å²) >= 11 is 0. The predicted octanol–water partition coefficient (Wildman–Crippen LogP) is 2.86. The van der Waals surface area contributed by atoms with E-state index >= 15 is 0 Å². The van der Waals surface area contributed by atoms with Gasteiger partial charge in [-0.15, -0.1) is 0 Å². The van der Waals surface area contributed by atoms with Crippen molar-refractivity contribution < 1.29 is 9.90 Å². The van der Waals surface area contributed by atoms with Gasteiger partial charge in [-0.2, -0.15) is 5.26 Å². The van der Waals surface area contributed by atoms with Crippen LogP contribution in [0.15, 0.2) is 54.6 Å². The second-order valence-electron chi connectivity index (χ2n) is 5.96. The maximum Gasteiger partial charge on any atom is 0.308 e. The Kier molecular flexibility index (Phi) is 4.40. The highest BCUT2D eigenvalue weighted by atomic mass is 16.4. The normalized spacial score (nSPS) is 21.0. The molecule has 1 heterocycles. The van der Waals surface area contributed by atoms with E-state index in [1.807, 2.05) is 30.3 Å². The quantitative estimate of drug-likeness (QED) is 0.943.